The molecule has 1 fully saturated rings. The van der Waals surface area contributed by atoms with E-state index in [1.807, 2.05) is 35.2 Å². The van der Waals surface area contributed by atoms with Crippen LogP contribution in [0.3, 0.4) is 0 Å². The summed E-state index contributed by atoms with van der Waals surface area (Å²) in [4.78, 5) is 32.0. The molecule has 0 spiro atoms. The number of anilines is 1. The molecular formula is C33H37F2N5O2. The molecule has 0 amide bonds. The molecule has 0 saturated carbocycles. The summed E-state index contributed by atoms with van der Waals surface area (Å²) in [5.74, 6) is -1.50. The molecule has 0 aliphatic carbocycles. The summed E-state index contributed by atoms with van der Waals surface area (Å²) in [6, 6.07) is 18.7. The molecule has 2 N–H and O–H groups in total. The van der Waals surface area contributed by atoms with Crippen molar-refractivity contribution in [2.24, 2.45) is 5.73 Å². The molecular weight excluding hydrogens is 536 g/mol. The molecule has 0 radical (unpaired) electrons. The largest absolute Gasteiger partial charge is 0.363 e. The summed E-state index contributed by atoms with van der Waals surface area (Å²) in [6.07, 6.45) is 0. The molecule has 7 nitrogen and oxygen atoms in total. The van der Waals surface area contributed by atoms with Crippen molar-refractivity contribution in [3.8, 4) is 0 Å². The van der Waals surface area contributed by atoms with Gasteiger partial charge in [-0.15, -0.1) is 0 Å². The van der Waals surface area contributed by atoms with Gasteiger partial charge < -0.3 is 10.6 Å². The van der Waals surface area contributed by atoms with Crippen molar-refractivity contribution in [1.82, 2.24) is 14.0 Å². The Morgan fingerprint density at radius 3 is 2.10 bits per heavy atom. The molecule has 220 valence electrons. The third kappa shape index (κ3) is 6.07. The fourth-order valence-corrected chi connectivity index (χ4v) is 5.63. The van der Waals surface area contributed by atoms with E-state index in [2.05, 4.69) is 36.9 Å². The van der Waals surface area contributed by atoms with Crippen molar-refractivity contribution < 1.29 is 8.78 Å². The number of aromatic nitrogens is 2. The summed E-state index contributed by atoms with van der Waals surface area (Å²) in [5.41, 5.74) is 10.4. The molecule has 1 aromatic heterocycles. The molecule has 5 rings (SSSR count). The van der Waals surface area contributed by atoms with Crippen LogP contribution in [0.2, 0.25) is 0 Å². The van der Waals surface area contributed by atoms with Gasteiger partial charge in [0.25, 0.3) is 5.56 Å². The van der Waals surface area contributed by atoms with Crippen molar-refractivity contribution in [2.45, 2.75) is 46.4 Å². The Morgan fingerprint density at radius 2 is 1.45 bits per heavy atom. The van der Waals surface area contributed by atoms with E-state index in [-0.39, 0.29) is 18.7 Å². The smallest absolute Gasteiger partial charge is 0.331 e. The van der Waals surface area contributed by atoms with E-state index in [0.717, 1.165) is 41.9 Å². The maximum atomic E-state index is 14.7. The monoisotopic (exact) mass is 573 g/mol. The highest BCUT2D eigenvalue weighted by Gasteiger charge is 2.26. The van der Waals surface area contributed by atoms with Gasteiger partial charge in [0.15, 0.2) is 0 Å². The second-order valence-corrected chi connectivity index (χ2v) is 11.1. The molecule has 1 unspecified atom stereocenters. The molecule has 1 atom stereocenters. The quantitative estimate of drug-likeness (QED) is 0.341. The second-order valence-electron chi connectivity index (χ2n) is 11.1. The van der Waals surface area contributed by atoms with E-state index in [1.165, 1.54) is 27.3 Å². The van der Waals surface area contributed by atoms with Gasteiger partial charge in [0.1, 0.15) is 17.3 Å². The minimum absolute atomic E-state index is 0.0680. The van der Waals surface area contributed by atoms with Crippen LogP contribution in [0.15, 0.2) is 76.3 Å². The zero-order valence-electron chi connectivity index (χ0n) is 24.3. The fraction of sp³-hybridized carbons (Fsp3) is 0.333. The summed E-state index contributed by atoms with van der Waals surface area (Å²) in [6.45, 7) is 8.83. The van der Waals surface area contributed by atoms with E-state index >= 15 is 0 Å². The first kappa shape index (κ1) is 29.4. The van der Waals surface area contributed by atoms with Gasteiger partial charge in [0, 0.05) is 50.0 Å². The van der Waals surface area contributed by atoms with Crippen LogP contribution in [0.25, 0.3) is 0 Å². The number of aryl methyl sites for hydroxylation is 2. The molecule has 1 aliphatic heterocycles. The molecule has 3 aromatic carbocycles. The van der Waals surface area contributed by atoms with Crippen molar-refractivity contribution in [1.29, 1.82) is 0 Å². The van der Waals surface area contributed by atoms with Crippen LogP contribution in [0.5, 0.6) is 0 Å². The lowest BCUT2D eigenvalue weighted by Crippen LogP contribution is -2.51. The zero-order chi connectivity index (χ0) is 30.0. The van der Waals surface area contributed by atoms with Gasteiger partial charge >= 0.3 is 5.69 Å². The first-order valence-electron chi connectivity index (χ1n) is 14.2. The topological polar surface area (TPSA) is 76.5 Å². The summed E-state index contributed by atoms with van der Waals surface area (Å²) in [5, 5.41) is 0. The van der Waals surface area contributed by atoms with E-state index in [4.69, 9.17) is 5.73 Å². The van der Waals surface area contributed by atoms with Gasteiger partial charge in [-0.1, -0.05) is 54.6 Å². The van der Waals surface area contributed by atoms with Gasteiger partial charge in [-0.2, -0.15) is 0 Å². The van der Waals surface area contributed by atoms with Crippen LogP contribution in [-0.2, 0) is 19.6 Å². The number of piperazine rings is 1. The van der Waals surface area contributed by atoms with Crippen LogP contribution in [0.1, 0.15) is 39.6 Å². The first-order chi connectivity index (χ1) is 20.1. The number of nitrogens with two attached hydrogens (primary N) is 1. The molecule has 2 heterocycles. The lowest BCUT2D eigenvalue weighted by molar-refractivity contribution is 0.249. The second kappa shape index (κ2) is 12.4. The van der Waals surface area contributed by atoms with E-state index < -0.39 is 28.9 Å². The predicted octanol–water partition coefficient (Wildman–Crippen LogP) is 4.28. The van der Waals surface area contributed by atoms with Crippen LogP contribution in [-0.4, -0.2) is 40.2 Å². The number of hydrogen-bond acceptors (Lipinski definition) is 5. The highest BCUT2D eigenvalue weighted by Crippen LogP contribution is 2.21. The van der Waals surface area contributed by atoms with Crippen molar-refractivity contribution in [2.75, 3.05) is 31.1 Å². The summed E-state index contributed by atoms with van der Waals surface area (Å²) in [7, 11) is 0. The highest BCUT2D eigenvalue weighted by atomic mass is 19.1. The fourth-order valence-electron chi connectivity index (χ4n) is 5.63. The maximum absolute atomic E-state index is 14.7. The Balaban J connectivity index is 1.49. The molecule has 42 heavy (non-hydrogen) atoms. The molecule has 0 bridgehead atoms. The minimum Gasteiger partial charge on any atom is -0.363 e. The summed E-state index contributed by atoms with van der Waals surface area (Å²) < 4.78 is 31.8. The highest BCUT2D eigenvalue weighted by molar-refractivity contribution is 5.50. The Hall–Kier alpha value is -4.08. The Bertz CT molecular complexity index is 1670. The molecule has 4 aromatic rings. The Labute approximate surface area is 244 Å². The number of nitrogens with zero attached hydrogens (tertiary/aromatic N) is 4. The Morgan fingerprint density at radius 1 is 0.786 bits per heavy atom. The van der Waals surface area contributed by atoms with Crippen LogP contribution in [0, 0.1) is 32.4 Å². The normalized spacial score (nSPS) is 14.8. The summed E-state index contributed by atoms with van der Waals surface area (Å²) >= 11 is 0. The van der Waals surface area contributed by atoms with Gasteiger partial charge in [0.2, 0.25) is 0 Å². The van der Waals surface area contributed by atoms with Crippen LogP contribution < -0.4 is 21.9 Å². The van der Waals surface area contributed by atoms with E-state index in [9.17, 15) is 18.4 Å². The lowest BCUT2D eigenvalue weighted by Gasteiger charge is -2.37. The molecule has 1 aliphatic rings. The van der Waals surface area contributed by atoms with E-state index in [0.29, 0.717) is 24.5 Å². The van der Waals surface area contributed by atoms with Gasteiger partial charge in [0.05, 0.1) is 13.1 Å². The van der Waals surface area contributed by atoms with Crippen molar-refractivity contribution in [3.63, 3.8) is 0 Å². The Kier molecular flexibility index (Phi) is 8.70. The molecule has 9 heteroatoms. The standard InChI is InChI=1S/C33H37F2N5O2/c1-22-12-13-25(18-23(22)2)19-37-14-16-38(17-15-37)31-24(3)39(20-27-28(34)10-7-11-29(27)35)33(42)40(32(31)41)21-30(36)26-8-5-4-6-9-26/h4-13,18,30H,14-17,19-21,36H2,1-3H3. The maximum Gasteiger partial charge on any atom is 0.331 e. The average Bonchev–Trinajstić information content (AvgIpc) is 2.98. The van der Waals surface area contributed by atoms with Gasteiger partial charge in [-0.05, 0) is 55.2 Å². The number of benzene rings is 3. The predicted molar refractivity (Wildman–Crippen MR) is 162 cm³/mol. The minimum atomic E-state index is -0.749. The lowest BCUT2D eigenvalue weighted by atomic mass is 10.1. The van der Waals surface area contributed by atoms with Crippen LogP contribution >= 0.6 is 0 Å². The van der Waals surface area contributed by atoms with Gasteiger partial charge in [-0.3, -0.25) is 18.8 Å². The number of halogens is 2. The number of hydrogen-bond donors (Lipinski definition) is 1. The average molecular weight is 574 g/mol. The van der Waals surface area contributed by atoms with Gasteiger partial charge in [-0.25, -0.2) is 13.6 Å². The van der Waals surface area contributed by atoms with Crippen LogP contribution in [0.4, 0.5) is 14.5 Å². The van der Waals surface area contributed by atoms with E-state index in [1.54, 1.807) is 6.92 Å². The molecule has 1 saturated heterocycles. The SMILES string of the molecule is Cc1ccc(CN2CCN(c3c(C)n(Cc4c(F)cccc4F)c(=O)n(CC(N)c4ccccc4)c3=O)CC2)cc1C. The van der Waals surface area contributed by atoms with Crippen molar-refractivity contribution in [3.05, 3.63) is 133 Å². The first-order valence-corrected chi connectivity index (χ1v) is 14.2. The third-order valence-corrected chi connectivity index (χ3v) is 8.31. The van der Waals surface area contributed by atoms with Crippen molar-refractivity contribution >= 4 is 5.69 Å². The third-order valence-electron chi connectivity index (χ3n) is 8.31. The number of rotatable bonds is 8. The zero-order valence-corrected chi connectivity index (χ0v) is 24.3.